The molecule has 1 aliphatic rings. The van der Waals surface area contributed by atoms with Gasteiger partial charge in [-0.25, -0.2) is 0 Å². The zero-order valence-electron chi connectivity index (χ0n) is 19.1. The number of benzene rings is 1. The minimum Gasteiger partial charge on any atom is -0.480 e. The van der Waals surface area contributed by atoms with E-state index in [9.17, 15) is 44.6 Å². The zero-order valence-corrected chi connectivity index (χ0v) is 19.1. The Bertz CT molecular complexity index is 910. The average Bonchev–Trinajstić information content (AvgIpc) is 2.77. The van der Waals surface area contributed by atoms with Gasteiger partial charge < -0.3 is 20.2 Å². The summed E-state index contributed by atoms with van der Waals surface area (Å²) in [5.41, 5.74) is 0.0768. The Morgan fingerprint density at radius 3 is 1.54 bits per heavy atom. The van der Waals surface area contributed by atoms with E-state index in [4.69, 9.17) is 0 Å². The molecule has 14 heteroatoms. The van der Waals surface area contributed by atoms with E-state index in [1.807, 2.05) is 0 Å². The van der Waals surface area contributed by atoms with Crippen LogP contribution < -0.4 is 4.90 Å². The zero-order chi connectivity index (χ0) is 26.0. The largest absolute Gasteiger partial charge is 0.480 e. The molecule has 0 saturated carbocycles. The van der Waals surface area contributed by atoms with Gasteiger partial charge in [-0.2, -0.15) is 0 Å². The van der Waals surface area contributed by atoms with Crippen molar-refractivity contribution in [3.8, 4) is 0 Å². The Morgan fingerprint density at radius 2 is 1.20 bits per heavy atom. The molecule has 1 heterocycles. The number of anilines is 1. The first-order chi connectivity index (χ1) is 16.6. The number of carboxylic acids is 3. The number of nitrogens with zero attached hydrogens (tertiary/aromatic N) is 5. The minimum absolute atomic E-state index is 0.133. The summed E-state index contributed by atoms with van der Waals surface area (Å²) in [5, 5.41) is 39.5. The number of carboxylic acid groups (broad SMARTS) is 3. The molecule has 0 spiro atoms. The van der Waals surface area contributed by atoms with Crippen molar-refractivity contribution in [2.75, 3.05) is 76.9 Å². The van der Waals surface area contributed by atoms with E-state index in [2.05, 4.69) is 0 Å². The number of carbonyl (C=O) groups is 4. The maximum Gasteiger partial charge on any atom is 0.317 e. The van der Waals surface area contributed by atoms with Crippen LogP contribution in [-0.4, -0.2) is 131 Å². The molecule has 0 radical (unpaired) electrons. The highest BCUT2D eigenvalue weighted by Gasteiger charge is 2.24. The molecule has 0 aromatic heterocycles. The summed E-state index contributed by atoms with van der Waals surface area (Å²) in [6, 6.07) is 4.05. The van der Waals surface area contributed by atoms with Crippen molar-refractivity contribution in [2.24, 2.45) is 0 Å². The van der Waals surface area contributed by atoms with Crippen LogP contribution in [0.15, 0.2) is 18.2 Å². The van der Waals surface area contributed by atoms with Crippen molar-refractivity contribution in [1.29, 1.82) is 0 Å². The lowest BCUT2D eigenvalue weighted by Crippen LogP contribution is -2.48. The molecule has 0 bridgehead atoms. The van der Waals surface area contributed by atoms with Crippen LogP contribution >= 0.6 is 0 Å². The second-order valence-electron chi connectivity index (χ2n) is 8.12. The van der Waals surface area contributed by atoms with E-state index < -0.39 is 22.8 Å². The SMILES string of the molecule is O=Cc1ccc(N2CCN(CC(=O)O)CCN(CC(=O)O)CCN(CC(=O)O)CC2)c([N+](=O)[O-])c1. The molecule has 0 unspecified atom stereocenters. The monoisotopic (exact) mass is 495 g/mol. The first kappa shape index (κ1) is 27.6. The van der Waals surface area contributed by atoms with E-state index >= 15 is 0 Å². The highest BCUT2D eigenvalue weighted by molar-refractivity contribution is 5.79. The van der Waals surface area contributed by atoms with Gasteiger partial charge in [-0.15, -0.1) is 0 Å². The van der Waals surface area contributed by atoms with Gasteiger partial charge in [0.1, 0.15) is 12.0 Å². The molecule has 0 amide bonds. The summed E-state index contributed by atoms with van der Waals surface area (Å²) in [4.78, 5) is 62.7. The number of carbonyl (C=O) groups excluding carboxylic acids is 1. The highest BCUT2D eigenvalue weighted by Crippen LogP contribution is 2.29. The molecule has 192 valence electrons. The maximum absolute atomic E-state index is 11.7. The van der Waals surface area contributed by atoms with E-state index in [0.29, 0.717) is 6.29 Å². The van der Waals surface area contributed by atoms with Crippen LogP contribution in [0.4, 0.5) is 11.4 Å². The number of nitro groups is 1. The van der Waals surface area contributed by atoms with E-state index in [1.165, 1.54) is 12.1 Å². The molecule has 3 N–H and O–H groups in total. The fourth-order valence-corrected chi connectivity index (χ4v) is 3.85. The molecule has 0 aliphatic carbocycles. The van der Waals surface area contributed by atoms with Crippen LogP contribution in [0.2, 0.25) is 0 Å². The van der Waals surface area contributed by atoms with Gasteiger partial charge in [0.05, 0.1) is 24.6 Å². The maximum atomic E-state index is 11.7. The number of rotatable bonds is 9. The van der Waals surface area contributed by atoms with Crippen LogP contribution in [0.5, 0.6) is 0 Å². The molecule has 1 aromatic rings. The molecule has 14 nitrogen and oxygen atoms in total. The van der Waals surface area contributed by atoms with E-state index in [-0.39, 0.29) is 88.9 Å². The number of hydrogen-bond acceptors (Lipinski definition) is 10. The fourth-order valence-electron chi connectivity index (χ4n) is 3.85. The fraction of sp³-hybridized carbons (Fsp3) is 0.524. The summed E-state index contributed by atoms with van der Waals surface area (Å²) < 4.78 is 0. The van der Waals surface area contributed by atoms with Gasteiger partial charge in [-0.1, -0.05) is 0 Å². The molecule has 2 rings (SSSR count). The Kier molecular flexibility index (Phi) is 10.5. The Hall–Kier alpha value is -3.62. The third-order valence-electron chi connectivity index (χ3n) is 5.59. The van der Waals surface area contributed by atoms with Crippen molar-refractivity contribution >= 4 is 35.6 Å². The van der Waals surface area contributed by atoms with Gasteiger partial charge in [0.15, 0.2) is 0 Å². The van der Waals surface area contributed by atoms with Gasteiger partial charge in [-0.05, 0) is 12.1 Å². The number of aliphatic carboxylic acids is 3. The van der Waals surface area contributed by atoms with Crippen molar-refractivity contribution in [2.45, 2.75) is 0 Å². The minimum atomic E-state index is -1.07. The van der Waals surface area contributed by atoms with Crippen molar-refractivity contribution in [1.82, 2.24) is 14.7 Å². The van der Waals surface area contributed by atoms with E-state index in [1.54, 1.807) is 19.6 Å². The number of hydrogen-bond donors (Lipinski definition) is 3. The summed E-state index contributed by atoms with van der Waals surface area (Å²) in [7, 11) is 0. The van der Waals surface area contributed by atoms with Crippen LogP contribution in [0.1, 0.15) is 10.4 Å². The Balaban J connectivity index is 2.37. The molecule has 1 aliphatic heterocycles. The summed E-state index contributed by atoms with van der Waals surface area (Å²) in [5.74, 6) is -3.19. The molecular weight excluding hydrogens is 466 g/mol. The molecule has 1 fully saturated rings. The predicted molar refractivity (Wildman–Crippen MR) is 123 cm³/mol. The van der Waals surface area contributed by atoms with Gasteiger partial charge in [0.2, 0.25) is 0 Å². The topological polar surface area (TPSA) is 185 Å². The van der Waals surface area contributed by atoms with Crippen LogP contribution in [0.3, 0.4) is 0 Å². The molecule has 35 heavy (non-hydrogen) atoms. The summed E-state index contributed by atoms with van der Waals surface area (Å²) in [6.07, 6.45) is 0.499. The quantitative estimate of drug-likeness (QED) is 0.224. The molecule has 1 saturated heterocycles. The molecule has 0 atom stereocenters. The summed E-state index contributed by atoms with van der Waals surface area (Å²) >= 11 is 0. The first-order valence-electron chi connectivity index (χ1n) is 10.9. The van der Waals surface area contributed by atoms with Gasteiger partial charge in [0, 0.05) is 64.0 Å². The van der Waals surface area contributed by atoms with Gasteiger partial charge in [-0.3, -0.25) is 44.0 Å². The Labute approximate surface area is 201 Å². The number of nitro benzene ring substituents is 1. The van der Waals surface area contributed by atoms with E-state index in [0.717, 1.165) is 6.07 Å². The normalized spacial score (nSPS) is 17.2. The Morgan fingerprint density at radius 1 is 0.800 bits per heavy atom. The standard InChI is InChI=1S/C21H29N5O9/c27-15-16-1-2-17(18(11-16)26(34)35)25-9-7-23(13-20(30)31)5-3-22(12-19(28)29)4-6-24(8-10-25)14-21(32)33/h1-2,11,15H,3-10,12-14H2,(H,28,29)(H,30,31)(H,32,33). The van der Waals surface area contributed by atoms with Crippen LogP contribution in [0.25, 0.3) is 0 Å². The lowest BCUT2D eigenvalue weighted by atomic mass is 10.1. The van der Waals surface area contributed by atoms with Crippen molar-refractivity contribution in [3.05, 3.63) is 33.9 Å². The lowest BCUT2D eigenvalue weighted by Gasteiger charge is -2.33. The van der Waals surface area contributed by atoms with Gasteiger partial charge in [0.25, 0.3) is 5.69 Å². The highest BCUT2D eigenvalue weighted by atomic mass is 16.6. The summed E-state index contributed by atoms with van der Waals surface area (Å²) in [6.45, 7) is 0.877. The molecule has 1 aromatic carbocycles. The van der Waals surface area contributed by atoms with Crippen LogP contribution in [-0.2, 0) is 14.4 Å². The smallest absolute Gasteiger partial charge is 0.317 e. The second kappa shape index (κ2) is 13.3. The number of aldehydes is 1. The lowest BCUT2D eigenvalue weighted by molar-refractivity contribution is -0.384. The molecular formula is C21H29N5O9. The average molecular weight is 495 g/mol. The van der Waals surface area contributed by atoms with Crippen LogP contribution in [0, 0.1) is 10.1 Å². The third-order valence-corrected chi connectivity index (χ3v) is 5.59. The first-order valence-corrected chi connectivity index (χ1v) is 10.9. The predicted octanol–water partition coefficient (Wildman–Crippen LogP) is -0.613. The van der Waals surface area contributed by atoms with Gasteiger partial charge >= 0.3 is 17.9 Å². The third kappa shape index (κ3) is 9.27. The van der Waals surface area contributed by atoms with Crippen molar-refractivity contribution in [3.63, 3.8) is 0 Å². The van der Waals surface area contributed by atoms with Crippen molar-refractivity contribution < 1.29 is 39.4 Å². The second-order valence-corrected chi connectivity index (χ2v) is 8.12.